The third-order valence-corrected chi connectivity index (χ3v) is 5.78. The van der Waals surface area contributed by atoms with E-state index in [1.807, 2.05) is 6.92 Å². The van der Waals surface area contributed by atoms with E-state index >= 15 is 0 Å². The Bertz CT molecular complexity index is 975. The number of carbonyl (C=O) groups is 2. The van der Waals surface area contributed by atoms with E-state index in [0.717, 1.165) is 23.4 Å². The van der Waals surface area contributed by atoms with Crippen LogP contribution in [0.2, 0.25) is 5.02 Å². The van der Waals surface area contributed by atoms with Gasteiger partial charge in [-0.2, -0.15) is 0 Å². The molecule has 0 heterocycles. The van der Waals surface area contributed by atoms with E-state index in [-0.39, 0.29) is 0 Å². The number of esters is 1. The quantitative estimate of drug-likeness (QED) is 0.457. The molecular weight excluding hydrogens is 428 g/mol. The predicted octanol–water partition coefficient (Wildman–Crippen LogP) is 4.09. The van der Waals surface area contributed by atoms with Crippen LogP contribution in [-0.4, -0.2) is 39.2 Å². The van der Waals surface area contributed by atoms with Gasteiger partial charge in [0.15, 0.2) is 0 Å². The molecule has 0 saturated heterocycles. The van der Waals surface area contributed by atoms with Crippen molar-refractivity contribution in [2.75, 3.05) is 22.5 Å². The van der Waals surface area contributed by atoms with Crippen LogP contribution in [0.15, 0.2) is 48.5 Å². The summed E-state index contributed by atoms with van der Waals surface area (Å²) < 4.78 is 30.8. The van der Waals surface area contributed by atoms with Gasteiger partial charge in [0.2, 0.25) is 15.9 Å². The van der Waals surface area contributed by atoms with Crippen molar-refractivity contribution in [3.63, 3.8) is 0 Å². The Morgan fingerprint density at radius 2 is 1.70 bits per heavy atom. The van der Waals surface area contributed by atoms with E-state index in [0.29, 0.717) is 28.6 Å². The van der Waals surface area contributed by atoms with Crippen molar-refractivity contribution in [1.29, 1.82) is 0 Å². The summed E-state index contributed by atoms with van der Waals surface area (Å²) in [5.74, 6) is -0.950. The van der Waals surface area contributed by atoms with Crippen molar-refractivity contribution in [2.24, 2.45) is 0 Å². The van der Waals surface area contributed by atoms with Gasteiger partial charge in [0.05, 0.1) is 24.1 Å². The summed E-state index contributed by atoms with van der Waals surface area (Å²) in [7, 11) is -3.73. The van der Waals surface area contributed by atoms with Crippen LogP contribution in [0.1, 0.15) is 37.0 Å². The number of amides is 1. The SMILES string of the molecule is CCCCOC(=O)c1ccc(NC(=O)[C@H](C)N(c2ccc(Cl)cc2)S(C)(=O)=O)cc1. The number of hydrogen-bond donors (Lipinski definition) is 1. The molecule has 0 aliphatic heterocycles. The molecule has 0 aliphatic rings. The zero-order chi connectivity index (χ0) is 22.3. The Hall–Kier alpha value is -2.58. The first-order chi connectivity index (χ1) is 14.1. The molecule has 0 saturated carbocycles. The maximum absolute atomic E-state index is 12.7. The standard InChI is InChI=1S/C21H25ClN2O5S/c1-4-5-14-29-21(26)16-6-10-18(11-7-16)23-20(25)15(2)24(30(3,27)28)19-12-8-17(22)9-13-19/h6-13,15H,4-5,14H2,1-3H3,(H,23,25)/t15-/m0/s1. The average molecular weight is 453 g/mol. The number of hydrogen-bond acceptors (Lipinski definition) is 5. The number of halogens is 1. The van der Waals surface area contributed by atoms with Crippen LogP contribution in [0.25, 0.3) is 0 Å². The molecule has 0 bridgehead atoms. The summed E-state index contributed by atoms with van der Waals surface area (Å²) in [4.78, 5) is 24.6. The minimum atomic E-state index is -3.73. The van der Waals surface area contributed by atoms with Crippen LogP contribution in [0.3, 0.4) is 0 Å². The van der Waals surface area contributed by atoms with Gasteiger partial charge in [-0.25, -0.2) is 13.2 Å². The fourth-order valence-electron chi connectivity index (χ4n) is 2.73. The summed E-state index contributed by atoms with van der Waals surface area (Å²) in [6.07, 6.45) is 2.75. The summed E-state index contributed by atoms with van der Waals surface area (Å²) in [6, 6.07) is 11.4. The summed E-state index contributed by atoms with van der Waals surface area (Å²) in [6.45, 7) is 3.85. The third kappa shape index (κ3) is 6.47. The summed E-state index contributed by atoms with van der Waals surface area (Å²) in [5, 5.41) is 3.13. The number of rotatable bonds is 9. The highest BCUT2D eigenvalue weighted by atomic mass is 35.5. The van der Waals surface area contributed by atoms with Crippen LogP contribution < -0.4 is 9.62 Å². The zero-order valence-electron chi connectivity index (χ0n) is 17.1. The summed E-state index contributed by atoms with van der Waals surface area (Å²) >= 11 is 5.87. The van der Waals surface area contributed by atoms with E-state index in [9.17, 15) is 18.0 Å². The van der Waals surface area contributed by atoms with Crippen molar-refractivity contribution < 1.29 is 22.7 Å². The van der Waals surface area contributed by atoms with Gasteiger partial charge in [-0.05, 0) is 61.9 Å². The van der Waals surface area contributed by atoms with E-state index in [1.165, 1.54) is 19.1 Å². The largest absolute Gasteiger partial charge is 0.462 e. The number of anilines is 2. The van der Waals surface area contributed by atoms with Gasteiger partial charge in [-0.15, -0.1) is 0 Å². The lowest BCUT2D eigenvalue weighted by Crippen LogP contribution is -2.45. The van der Waals surface area contributed by atoms with Crippen molar-refractivity contribution in [3.05, 3.63) is 59.1 Å². The lowest BCUT2D eigenvalue weighted by atomic mass is 10.2. The molecule has 0 aromatic heterocycles. The van der Waals surface area contributed by atoms with Crippen LogP contribution >= 0.6 is 11.6 Å². The van der Waals surface area contributed by atoms with Gasteiger partial charge in [0.1, 0.15) is 6.04 Å². The molecule has 0 unspecified atom stereocenters. The second-order valence-corrected chi connectivity index (χ2v) is 9.06. The lowest BCUT2D eigenvalue weighted by Gasteiger charge is -2.28. The van der Waals surface area contributed by atoms with Crippen molar-refractivity contribution >= 4 is 44.9 Å². The van der Waals surface area contributed by atoms with E-state index in [1.54, 1.807) is 36.4 Å². The molecule has 2 rings (SSSR count). The second-order valence-electron chi connectivity index (χ2n) is 6.77. The molecule has 0 radical (unpaired) electrons. The molecule has 0 aliphatic carbocycles. The molecule has 30 heavy (non-hydrogen) atoms. The number of carbonyl (C=O) groups excluding carboxylic acids is 2. The maximum atomic E-state index is 12.7. The second kappa shape index (κ2) is 10.4. The molecule has 2 aromatic carbocycles. The zero-order valence-corrected chi connectivity index (χ0v) is 18.7. The normalized spacial score (nSPS) is 12.1. The monoisotopic (exact) mass is 452 g/mol. The third-order valence-electron chi connectivity index (χ3n) is 4.29. The fraction of sp³-hybridized carbons (Fsp3) is 0.333. The Morgan fingerprint density at radius 1 is 1.10 bits per heavy atom. The first-order valence-corrected chi connectivity index (χ1v) is 11.7. The van der Waals surface area contributed by atoms with Gasteiger partial charge in [-0.1, -0.05) is 24.9 Å². The molecule has 2 aromatic rings. The fourth-order valence-corrected chi connectivity index (χ4v) is 4.03. The Morgan fingerprint density at radius 3 is 2.23 bits per heavy atom. The van der Waals surface area contributed by atoms with E-state index in [2.05, 4.69) is 5.32 Å². The molecular formula is C21H25ClN2O5S. The highest BCUT2D eigenvalue weighted by Crippen LogP contribution is 2.23. The number of benzene rings is 2. The van der Waals surface area contributed by atoms with E-state index in [4.69, 9.17) is 16.3 Å². The van der Waals surface area contributed by atoms with Crippen molar-refractivity contribution in [1.82, 2.24) is 0 Å². The Labute approximate surface area is 182 Å². The molecule has 162 valence electrons. The van der Waals surface area contributed by atoms with Gasteiger partial charge in [0.25, 0.3) is 0 Å². The highest BCUT2D eigenvalue weighted by molar-refractivity contribution is 7.92. The minimum absolute atomic E-state index is 0.328. The van der Waals surface area contributed by atoms with Crippen LogP contribution in [-0.2, 0) is 19.6 Å². The predicted molar refractivity (Wildman–Crippen MR) is 118 cm³/mol. The molecule has 0 fully saturated rings. The minimum Gasteiger partial charge on any atom is -0.462 e. The Balaban J connectivity index is 2.11. The molecule has 1 amide bonds. The topological polar surface area (TPSA) is 92.8 Å². The van der Waals surface area contributed by atoms with Gasteiger partial charge >= 0.3 is 5.97 Å². The average Bonchev–Trinajstić information content (AvgIpc) is 2.69. The number of ether oxygens (including phenoxy) is 1. The van der Waals surface area contributed by atoms with Gasteiger partial charge in [0, 0.05) is 10.7 Å². The van der Waals surface area contributed by atoms with Crippen LogP contribution in [0.4, 0.5) is 11.4 Å². The smallest absolute Gasteiger partial charge is 0.338 e. The first-order valence-electron chi connectivity index (χ1n) is 9.46. The van der Waals surface area contributed by atoms with Crippen LogP contribution in [0.5, 0.6) is 0 Å². The molecule has 0 spiro atoms. The van der Waals surface area contributed by atoms with Gasteiger partial charge in [-0.3, -0.25) is 9.10 Å². The highest BCUT2D eigenvalue weighted by Gasteiger charge is 2.29. The molecule has 1 atom stereocenters. The maximum Gasteiger partial charge on any atom is 0.338 e. The molecule has 1 N–H and O–H groups in total. The first kappa shape index (κ1) is 23.7. The number of sulfonamides is 1. The van der Waals surface area contributed by atoms with Gasteiger partial charge < -0.3 is 10.1 Å². The lowest BCUT2D eigenvalue weighted by molar-refractivity contribution is -0.116. The Kier molecular flexibility index (Phi) is 8.25. The molecule has 7 nitrogen and oxygen atoms in total. The number of nitrogens with one attached hydrogen (secondary N) is 1. The summed E-state index contributed by atoms with van der Waals surface area (Å²) in [5.41, 5.74) is 1.13. The number of unbranched alkanes of at least 4 members (excludes halogenated alkanes) is 1. The van der Waals surface area contributed by atoms with Crippen molar-refractivity contribution in [2.45, 2.75) is 32.7 Å². The van der Waals surface area contributed by atoms with E-state index < -0.39 is 27.9 Å². The van der Waals surface area contributed by atoms with Crippen molar-refractivity contribution in [3.8, 4) is 0 Å². The molecule has 9 heteroatoms. The van der Waals surface area contributed by atoms with Crippen LogP contribution in [0, 0.1) is 0 Å². The number of nitrogens with zero attached hydrogens (tertiary/aromatic N) is 1.